The highest BCUT2D eigenvalue weighted by Crippen LogP contribution is 2.04. The van der Waals surface area contributed by atoms with Gasteiger partial charge >= 0.3 is 5.97 Å². The van der Waals surface area contributed by atoms with Gasteiger partial charge in [0.15, 0.2) is 0 Å². The third kappa shape index (κ3) is 8.33. The minimum Gasteiger partial charge on any atom is -0.480 e. The summed E-state index contributed by atoms with van der Waals surface area (Å²) in [5, 5.41) is 16.2. The fraction of sp³-hybridized carbons (Fsp3) is 0.706. The van der Waals surface area contributed by atoms with Crippen molar-refractivity contribution in [3.05, 3.63) is 0 Å². The van der Waals surface area contributed by atoms with Crippen molar-refractivity contribution in [3.8, 4) is 0 Å². The topological polar surface area (TPSA) is 194 Å². The summed E-state index contributed by atoms with van der Waals surface area (Å²) in [6.45, 7) is 8.06. The van der Waals surface area contributed by atoms with Crippen molar-refractivity contribution >= 4 is 29.6 Å². The van der Waals surface area contributed by atoms with Crippen molar-refractivity contribution in [2.75, 3.05) is 0 Å². The van der Waals surface area contributed by atoms with Crippen LogP contribution in [0.5, 0.6) is 0 Å². The normalized spacial score (nSPS) is 15.3. The van der Waals surface area contributed by atoms with Crippen LogP contribution in [0.1, 0.15) is 41.0 Å². The Kier molecular flexibility index (Phi) is 10.1. The zero-order valence-corrected chi connectivity index (χ0v) is 16.8. The maximum absolute atomic E-state index is 12.4. The Morgan fingerprint density at radius 1 is 0.821 bits per heavy atom. The highest BCUT2D eigenvalue weighted by atomic mass is 16.4. The van der Waals surface area contributed by atoms with Gasteiger partial charge in [-0.25, -0.2) is 4.79 Å². The van der Waals surface area contributed by atoms with E-state index >= 15 is 0 Å². The van der Waals surface area contributed by atoms with Crippen LogP contribution in [0.4, 0.5) is 0 Å². The second-order valence-corrected chi connectivity index (χ2v) is 7.30. The fourth-order valence-corrected chi connectivity index (χ4v) is 2.15. The van der Waals surface area contributed by atoms with Crippen molar-refractivity contribution in [1.29, 1.82) is 0 Å². The van der Waals surface area contributed by atoms with Gasteiger partial charge < -0.3 is 32.5 Å². The lowest BCUT2D eigenvalue weighted by atomic mass is 10.0. The predicted octanol–water partition coefficient (Wildman–Crippen LogP) is -1.94. The average molecular weight is 401 g/mol. The molecule has 4 unspecified atom stereocenters. The first-order valence-corrected chi connectivity index (χ1v) is 8.95. The number of nitrogens with one attached hydrogen (secondary N) is 3. The van der Waals surface area contributed by atoms with Gasteiger partial charge in [0.05, 0.1) is 12.5 Å². The van der Waals surface area contributed by atoms with Gasteiger partial charge in [0.1, 0.15) is 18.1 Å². The number of hydrogen-bond acceptors (Lipinski definition) is 6. The van der Waals surface area contributed by atoms with E-state index in [0.29, 0.717) is 0 Å². The quantitative estimate of drug-likeness (QED) is 0.232. The number of carboxylic acids is 1. The van der Waals surface area contributed by atoms with Gasteiger partial charge in [-0.3, -0.25) is 19.2 Å². The van der Waals surface area contributed by atoms with E-state index in [4.69, 9.17) is 16.6 Å². The van der Waals surface area contributed by atoms with Crippen LogP contribution in [0.25, 0.3) is 0 Å². The number of hydrogen-bond donors (Lipinski definition) is 6. The molecule has 8 N–H and O–H groups in total. The van der Waals surface area contributed by atoms with E-state index in [9.17, 15) is 24.0 Å². The molecule has 4 atom stereocenters. The number of nitrogens with two attached hydrogens (primary N) is 2. The van der Waals surface area contributed by atoms with Gasteiger partial charge in [-0.15, -0.1) is 0 Å². The van der Waals surface area contributed by atoms with E-state index in [1.807, 2.05) is 0 Å². The largest absolute Gasteiger partial charge is 0.480 e. The average Bonchev–Trinajstić information content (AvgIpc) is 2.56. The zero-order valence-electron chi connectivity index (χ0n) is 16.8. The Hall–Kier alpha value is -2.69. The Balaban J connectivity index is 5.14. The maximum Gasteiger partial charge on any atom is 0.326 e. The first-order valence-electron chi connectivity index (χ1n) is 8.95. The molecule has 11 nitrogen and oxygen atoms in total. The molecule has 0 fully saturated rings. The second-order valence-electron chi connectivity index (χ2n) is 7.30. The van der Waals surface area contributed by atoms with Gasteiger partial charge in [-0.2, -0.15) is 0 Å². The Bertz CT molecular complexity index is 607. The Labute approximate surface area is 164 Å². The molecule has 4 amide bonds. The molecule has 0 rings (SSSR count). The summed E-state index contributed by atoms with van der Waals surface area (Å²) < 4.78 is 0. The SMILES string of the molecule is CC(NC(=O)C(N)C(C)C)C(=O)NC(CC(N)=O)C(=O)NC(C(=O)O)C(C)C. The van der Waals surface area contributed by atoms with Crippen LogP contribution in [0.3, 0.4) is 0 Å². The molecule has 0 aromatic carbocycles. The predicted molar refractivity (Wildman–Crippen MR) is 101 cm³/mol. The van der Waals surface area contributed by atoms with Gasteiger partial charge in [0.2, 0.25) is 23.6 Å². The monoisotopic (exact) mass is 401 g/mol. The van der Waals surface area contributed by atoms with Crippen LogP contribution in [0, 0.1) is 11.8 Å². The lowest BCUT2D eigenvalue weighted by Crippen LogP contribution is -2.58. The minimum absolute atomic E-state index is 0.146. The molecule has 11 heteroatoms. The van der Waals surface area contributed by atoms with E-state index in [1.54, 1.807) is 27.7 Å². The number of amides is 4. The van der Waals surface area contributed by atoms with Crippen LogP contribution in [0.2, 0.25) is 0 Å². The lowest BCUT2D eigenvalue weighted by Gasteiger charge is -2.24. The molecule has 28 heavy (non-hydrogen) atoms. The molecule has 0 saturated heterocycles. The maximum atomic E-state index is 12.4. The van der Waals surface area contributed by atoms with Crippen LogP contribution in [-0.2, 0) is 24.0 Å². The van der Waals surface area contributed by atoms with E-state index in [2.05, 4.69) is 16.0 Å². The molecule has 0 radical (unpaired) electrons. The van der Waals surface area contributed by atoms with Crippen LogP contribution in [0.15, 0.2) is 0 Å². The van der Waals surface area contributed by atoms with Crippen molar-refractivity contribution in [1.82, 2.24) is 16.0 Å². The molecular formula is C17H31N5O6. The highest BCUT2D eigenvalue weighted by molar-refractivity contribution is 5.96. The third-order valence-electron chi connectivity index (χ3n) is 4.04. The van der Waals surface area contributed by atoms with E-state index in [-0.39, 0.29) is 5.92 Å². The number of rotatable bonds is 11. The molecule has 0 aromatic rings. The lowest BCUT2D eigenvalue weighted by molar-refractivity contribution is -0.143. The van der Waals surface area contributed by atoms with E-state index in [1.165, 1.54) is 6.92 Å². The number of aliphatic carboxylic acids is 1. The van der Waals surface area contributed by atoms with Crippen LogP contribution in [-0.4, -0.2) is 58.9 Å². The Morgan fingerprint density at radius 3 is 1.75 bits per heavy atom. The number of primary amides is 1. The third-order valence-corrected chi connectivity index (χ3v) is 4.04. The molecule has 0 heterocycles. The first-order chi connectivity index (χ1) is 12.8. The molecule has 0 spiro atoms. The fourth-order valence-electron chi connectivity index (χ4n) is 2.15. The standard InChI is InChI=1S/C17H31N5O6/c1-7(2)12(19)16(26)20-9(5)14(24)21-10(6-11(18)23)15(25)22-13(8(3)4)17(27)28/h7-10,12-13H,6,19H2,1-5H3,(H2,18,23)(H,20,26)(H,21,24)(H,22,25)(H,27,28). The van der Waals surface area contributed by atoms with Crippen LogP contribution < -0.4 is 27.4 Å². The molecule has 0 aliphatic carbocycles. The molecule has 0 aliphatic rings. The summed E-state index contributed by atoms with van der Waals surface area (Å²) in [6.07, 6.45) is -0.534. The summed E-state index contributed by atoms with van der Waals surface area (Å²) in [7, 11) is 0. The van der Waals surface area contributed by atoms with Gasteiger partial charge in [0.25, 0.3) is 0 Å². The summed E-state index contributed by atoms with van der Waals surface area (Å²) >= 11 is 0. The van der Waals surface area contributed by atoms with Gasteiger partial charge in [0, 0.05) is 0 Å². The van der Waals surface area contributed by atoms with Crippen molar-refractivity contribution in [3.63, 3.8) is 0 Å². The zero-order chi connectivity index (χ0) is 22.2. The van der Waals surface area contributed by atoms with Gasteiger partial charge in [-0.1, -0.05) is 27.7 Å². The number of carbonyl (C=O) groups is 5. The van der Waals surface area contributed by atoms with Gasteiger partial charge in [-0.05, 0) is 18.8 Å². The summed E-state index contributed by atoms with van der Waals surface area (Å²) in [5.41, 5.74) is 10.8. The molecular weight excluding hydrogens is 370 g/mol. The van der Waals surface area contributed by atoms with Crippen molar-refractivity contribution in [2.24, 2.45) is 23.3 Å². The molecule has 0 aromatic heterocycles. The summed E-state index contributed by atoms with van der Waals surface area (Å²) in [6, 6.07) is -4.45. The highest BCUT2D eigenvalue weighted by Gasteiger charge is 2.31. The summed E-state index contributed by atoms with van der Waals surface area (Å²) in [5.74, 6) is -4.85. The second kappa shape index (κ2) is 11.2. The first kappa shape index (κ1) is 25.3. The minimum atomic E-state index is -1.39. The smallest absolute Gasteiger partial charge is 0.326 e. The van der Waals surface area contributed by atoms with E-state index in [0.717, 1.165) is 0 Å². The molecule has 0 saturated carbocycles. The number of carbonyl (C=O) groups excluding carboxylic acids is 4. The van der Waals surface area contributed by atoms with Crippen molar-refractivity contribution < 1.29 is 29.1 Å². The Morgan fingerprint density at radius 2 is 1.36 bits per heavy atom. The number of carboxylic acid groups (broad SMARTS) is 1. The summed E-state index contributed by atoms with van der Waals surface area (Å²) in [4.78, 5) is 59.1. The van der Waals surface area contributed by atoms with E-state index < -0.39 is 66.1 Å². The molecule has 160 valence electrons. The molecule has 0 bridgehead atoms. The molecule has 0 aliphatic heterocycles. The van der Waals surface area contributed by atoms with Crippen molar-refractivity contribution in [2.45, 2.75) is 65.2 Å². The van der Waals surface area contributed by atoms with Crippen LogP contribution >= 0.6 is 0 Å².